The first-order valence-electron chi connectivity index (χ1n) is 9.83. The van der Waals surface area contributed by atoms with Crippen LogP contribution in [0.1, 0.15) is 21.7 Å². The van der Waals surface area contributed by atoms with E-state index in [9.17, 15) is 4.79 Å². The van der Waals surface area contributed by atoms with Crippen LogP contribution in [0.4, 0.5) is 0 Å². The number of methoxy groups -OCH3 is 1. The Labute approximate surface area is 185 Å². The Morgan fingerprint density at radius 1 is 1.13 bits per heavy atom. The van der Waals surface area contributed by atoms with Crippen molar-refractivity contribution < 1.29 is 13.9 Å². The molecule has 0 N–H and O–H groups in total. The third kappa shape index (κ3) is 4.13. The Balaban J connectivity index is 1.63. The maximum Gasteiger partial charge on any atom is 0.289 e. The summed E-state index contributed by atoms with van der Waals surface area (Å²) in [5, 5.41) is 1.96. The average molecular weight is 448 g/mol. The molecule has 158 valence electrons. The standard InChI is InChI=1S/C22H23Cl2N3O3/c1-26-7-9-27(10-8-26)22(28)20-11-16-14(4-6-19(29-2)21(16)30-20)3-5-15-17(23)12-25-13-18(15)24/h4,6,11-13H,3,5,7-10H2,1-2H3. The molecule has 30 heavy (non-hydrogen) atoms. The molecule has 0 radical (unpaired) electrons. The zero-order chi connectivity index (χ0) is 21.3. The number of pyridine rings is 1. The summed E-state index contributed by atoms with van der Waals surface area (Å²) < 4.78 is 11.4. The number of piperazine rings is 1. The van der Waals surface area contributed by atoms with Crippen molar-refractivity contribution in [3.8, 4) is 5.75 Å². The molecule has 3 heterocycles. The molecule has 0 aliphatic carbocycles. The maximum absolute atomic E-state index is 13.0. The van der Waals surface area contributed by atoms with Crippen LogP contribution in [-0.2, 0) is 12.8 Å². The number of rotatable bonds is 5. The highest BCUT2D eigenvalue weighted by atomic mass is 35.5. The van der Waals surface area contributed by atoms with Gasteiger partial charge in [0.2, 0.25) is 0 Å². The molecule has 0 saturated carbocycles. The van der Waals surface area contributed by atoms with Crippen LogP contribution in [0.5, 0.6) is 5.75 Å². The number of benzene rings is 1. The predicted octanol–water partition coefficient (Wildman–Crippen LogP) is 4.32. The molecule has 0 atom stereocenters. The number of likely N-dealkylation sites (N-methyl/N-ethyl adjacent to an activating group) is 1. The van der Waals surface area contributed by atoms with Gasteiger partial charge in [0, 0.05) is 44.0 Å². The van der Waals surface area contributed by atoms with E-state index in [1.807, 2.05) is 23.1 Å². The van der Waals surface area contributed by atoms with Gasteiger partial charge in [0.05, 0.1) is 17.2 Å². The molecule has 1 amide bonds. The van der Waals surface area contributed by atoms with Gasteiger partial charge in [0.15, 0.2) is 17.1 Å². The number of hydrogen-bond donors (Lipinski definition) is 0. The van der Waals surface area contributed by atoms with Crippen molar-refractivity contribution in [3.63, 3.8) is 0 Å². The fraction of sp³-hybridized carbons (Fsp3) is 0.364. The molecule has 1 saturated heterocycles. The van der Waals surface area contributed by atoms with Gasteiger partial charge in [-0.25, -0.2) is 0 Å². The number of nitrogens with zero attached hydrogens (tertiary/aromatic N) is 3. The summed E-state index contributed by atoms with van der Waals surface area (Å²) in [5.41, 5.74) is 2.48. The van der Waals surface area contributed by atoms with Gasteiger partial charge in [0.25, 0.3) is 5.91 Å². The number of carbonyl (C=O) groups excluding carboxylic acids is 1. The summed E-state index contributed by atoms with van der Waals surface area (Å²) >= 11 is 12.5. The highest BCUT2D eigenvalue weighted by Crippen LogP contribution is 2.33. The molecule has 0 spiro atoms. The minimum atomic E-state index is -0.0903. The molecule has 1 fully saturated rings. The Hall–Kier alpha value is -2.28. The van der Waals surface area contributed by atoms with E-state index in [4.69, 9.17) is 32.4 Å². The zero-order valence-electron chi connectivity index (χ0n) is 17.0. The predicted molar refractivity (Wildman–Crippen MR) is 118 cm³/mol. The lowest BCUT2D eigenvalue weighted by Gasteiger charge is -2.31. The molecule has 4 rings (SSSR count). The number of hydrogen-bond acceptors (Lipinski definition) is 5. The Bertz CT molecular complexity index is 1050. The van der Waals surface area contributed by atoms with Gasteiger partial charge in [0.1, 0.15) is 0 Å². The normalized spacial score (nSPS) is 15.0. The van der Waals surface area contributed by atoms with Gasteiger partial charge in [-0.15, -0.1) is 0 Å². The molecule has 6 nitrogen and oxygen atoms in total. The van der Waals surface area contributed by atoms with Crippen molar-refractivity contribution in [2.75, 3.05) is 40.3 Å². The molecule has 1 aliphatic heterocycles. The fourth-order valence-electron chi connectivity index (χ4n) is 3.74. The summed E-state index contributed by atoms with van der Waals surface area (Å²) in [6.45, 7) is 3.09. The van der Waals surface area contributed by atoms with Crippen molar-refractivity contribution in [1.29, 1.82) is 0 Å². The second-order valence-corrected chi connectivity index (χ2v) is 8.27. The minimum absolute atomic E-state index is 0.0903. The van der Waals surface area contributed by atoms with Crippen LogP contribution in [0, 0.1) is 0 Å². The topological polar surface area (TPSA) is 58.8 Å². The fourth-order valence-corrected chi connectivity index (χ4v) is 4.29. The number of carbonyl (C=O) groups is 1. The zero-order valence-corrected chi connectivity index (χ0v) is 18.5. The molecule has 8 heteroatoms. The van der Waals surface area contributed by atoms with Crippen LogP contribution < -0.4 is 4.74 Å². The number of fused-ring (bicyclic) bond motifs is 1. The lowest BCUT2D eigenvalue weighted by Crippen LogP contribution is -2.47. The van der Waals surface area contributed by atoms with Gasteiger partial charge in [-0.2, -0.15) is 0 Å². The molecular weight excluding hydrogens is 425 g/mol. The number of ether oxygens (including phenoxy) is 1. The second kappa shape index (κ2) is 8.84. The third-order valence-electron chi connectivity index (χ3n) is 5.56. The van der Waals surface area contributed by atoms with Crippen LogP contribution in [0.2, 0.25) is 10.0 Å². The van der Waals surface area contributed by atoms with E-state index in [1.165, 1.54) is 0 Å². The third-order valence-corrected chi connectivity index (χ3v) is 6.21. The van der Waals surface area contributed by atoms with Crippen LogP contribution >= 0.6 is 23.2 Å². The Morgan fingerprint density at radius 3 is 2.50 bits per heavy atom. The van der Waals surface area contributed by atoms with Crippen molar-refractivity contribution >= 4 is 40.1 Å². The number of halogens is 2. The van der Waals surface area contributed by atoms with E-state index in [2.05, 4.69) is 16.9 Å². The van der Waals surface area contributed by atoms with E-state index < -0.39 is 0 Å². The highest BCUT2D eigenvalue weighted by molar-refractivity contribution is 6.35. The summed E-state index contributed by atoms with van der Waals surface area (Å²) in [6, 6.07) is 5.68. The molecule has 0 unspecified atom stereocenters. The lowest BCUT2D eigenvalue weighted by molar-refractivity contribution is 0.0635. The van der Waals surface area contributed by atoms with Crippen molar-refractivity contribution in [2.24, 2.45) is 0 Å². The van der Waals surface area contributed by atoms with Crippen LogP contribution in [0.25, 0.3) is 11.0 Å². The first kappa shape index (κ1) is 21.0. The first-order valence-corrected chi connectivity index (χ1v) is 10.6. The maximum atomic E-state index is 13.0. The van der Waals surface area contributed by atoms with E-state index >= 15 is 0 Å². The molecule has 1 aliphatic rings. The molecule has 2 aromatic heterocycles. The van der Waals surface area contributed by atoms with E-state index in [0.717, 1.165) is 29.6 Å². The molecule has 1 aromatic carbocycles. The highest BCUT2D eigenvalue weighted by Gasteiger charge is 2.25. The van der Waals surface area contributed by atoms with Gasteiger partial charge in [-0.3, -0.25) is 9.78 Å². The largest absolute Gasteiger partial charge is 0.493 e. The van der Waals surface area contributed by atoms with Gasteiger partial charge < -0.3 is 19.0 Å². The Morgan fingerprint density at radius 2 is 1.83 bits per heavy atom. The monoisotopic (exact) mass is 447 g/mol. The number of aryl methyl sites for hydroxylation is 1. The average Bonchev–Trinajstić information content (AvgIpc) is 3.19. The Kier molecular flexibility index (Phi) is 6.18. The minimum Gasteiger partial charge on any atom is -0.493 e. The number of furan rings is 1. The SMILES string of the molecule is COc1ccc(CCc2c(Cl)cncc2Cl)c2cc(C(=O)N3CCN(C)CC3)oc12. The first-order chi connectivity index (χ1) is 14.5. The van der Waals surface area contributed by atoms with Gasteiger partial charge in [-0.1, -0.05) is 29.3 Å². The second-order valence-electron chi connectivity index (χ2n) is 7.46. The summed E-state index contributed by atoms with van der Waals surface area (Å²) in [5.74, 6) is 0.846. The van der Waals surface area contributed by atoms with Crippen molar-refractivity contribution in [2.45, 2.75) is 12.8 Å². The smallest absolute Gasteiger partial charge is 0.289 e. The lowest BCUT2D eigenvalue weighted by atomic mass is 10.0. The van der Waals surface area contributed by atoms with Crippen molar-refractivity contribution in [3.05, 3.63) is 57.5 Å². The number of aromatic nitrogens is 1. The number of amides is 1. The quantitative estimate of drug-likeness (QED) is 0.582. The van der Waals surface area contributed by atoms with Gasteiger partial charge >= 0.3 is 0 Å². The molecule has 0 bridgehead atoms. The summed E-state index contributed by atoms with van der Waals surface area (Å²) in [7, 11) is 3.65. The van der Waals surface area contributed by atoms with E-state index in [0.29, 0.717) is 53.1 Å². The summed E-state index contributed by atoms with van der Waals surface area (Å²) in [6.07, 6.45) is 4.52. The van der Waals surface area contributed by atoms with Gasteiger partial charge in [-0.05, 0) is 43.1 Å². The van der Waals surface area contributed by atoms with E-state index in [-0.39, 0.29) is 5.91 Å². The molecule has 3 aromatic rings. The van der Waals surface area contributed by atoms with Crippen LogP contribution in [-0.4, -0.2) is 61.0 Å². The van der Waals surface area contributed by atoms with Crippen LogP contribution in [0.3, 0.4) is 0 Å². The summed E-state index contributed by atoms with van der Waals surface area (Å²) in [4.78, 5) is 21.0. The van der Waals surface area contributed by atoms with Crippen LogP contribution in [0.15, 0.2) is 35.0 Å². The van der Waals surface area contributed by atoms with Crippen molar-refractivity contribution in [1.82, 2.24) is 14.8 Å². The molecular formula is C22H23Cl2N3O3. The van der Waals surface area contributed by atoms with E-state index in [1.54, 1.807) is 19.5 Å².